The van der Waals surface area contributed by atoms with Crippen LogP contribution in [0.5, 0.6) is 0 Å². The molecule has 1 aromatic carbocycles. The lowest BCUT2D eigenvalue weighted by atomic mass is 10.3. The number of aldehydes is 1. The summed E-state index contributed by atoms with van der Waals surface area (Å²) in [6, 6.07) is 5.38. The molecular weight excluding hydrogens is 279 g/mol. The van der Waals surface area contributed by atoms with Gasteiger partial charge in [-0.15, -0.1) is 0 Å². The standard InChI is InChI=1S/C11H6F3N3O3/c12-11(13,14)10-5-9(6-18)16(15-10)7-2-1-3-8(4-7)17(19)20/h1-6H. The van der Waals surface area contributed by atoms with Gasteiger partial charge in [0, 0.05) is 12.1 Å². The van der Waals surface area contributed by atoms with E-state index in [2.05, 4.69) is 5.10 Å². The van der Waals surface area contributed by atoms with Crippen LogP contribution in [0.4, 0.5) is 18.9 Å². The zero-order valence-corrected chi connectivity index (χ0v) is 9.66. The van der Waals surface area contributed by atoms with Crippen molar-refractivity contribution in [3.05, 3.63) is 51.8 Å². The number of non-ortho nitro benzene ring substituents is 1. The minimum absolute atomic E-state index is 0.00296. The van der Waals surface area contributed by atoms with Crippen molar-refractivity contribution in [1.82, 2.24) is 9.78 Å². The van der Waals surface area contributed by atoms with E-state index in [1.54, 1.807) is 0 Å². The number of benzene rings is 1. The van der Waals surface area contributed by atoms with E-state index in [1.165, 1.54) is 18.2 Å². The molecule has 6 nitrogen and oxygen atoms in total. The van der Waals surface area contributed by atoms with Crippen LogP contribution >= 0.6 is 0 Å². The van der Waals surface area contributed by atoms with E-state index in [0.717, 1.165) is 6.07 Å². The van der Waals surface area contributed by atoms with Crippen LogP contribution in [0.3, 0.4) is 0 Å². The molecule has 0 saturated carbocycles. The summed E-state index contributed by atoms with van der Waals surface area (Å²) in [6.07, 6.45) is -4.51. The van der Waals surface area contributed by atoms with Crippen LogP contribution < -0.4 is 0 Å². The van der Waals surface area contributed by atoms with Crippen molar-refractivity contribution in [1.29, 1.82) is 0 Å². The highest BCUT2D eigenvalue weighted by atomic mass is 19.4. The summed E-state index contributed by atoms with van der Waals surface area (Å²) >= 11 is 0. The first-order chi connectivity index (χ1) is 9.32. The molecule has 0 spiro atoms. The molecule has 0 aliphatic carbocycles. The molecule has 0 N–H and O–H groups in total. The Morgan fingerprint density at radius 2 is 2.00 bits per heavy atom. The number of nitro benzene ring substituents is 1. The molecule has 0 radical (unpaired) electrons. The lowest BCUT2D eigenvalue weighted by molar-refractivity contribution is -0.384. The topological polar surface area (TPSA) is 78.0 Å². The van der Waals surface area contributed by atoms with Crippen molar-refractivity contribution >= 4 is 12.0 Å². The Morgan fingerprint density at radius 3 is 2.55 bits per heavy atom. The lowest BCUT2D eigenvalue weighted by Gasteiger charge is -2.04. The molecule has 0 amide bonds. The molecule has 9 heteroatoms. The van der Waals surface area contributed by atoms with Crippen molar-refractivity contribution < 1.29 is 22.9 Å². The van der Waals surface area contributed by atoms with Crippen molar-refractivity contribution in [2.24, 2.45) is 0 Å². The molecular formula is C11H6F3N3O3. The van der Waals surface area contributed by atoms with Gasteiger partial charge in [0.05, 0.1) is 10.6 Å². The summed E-state index contributed by atoms with van der Waals surface area (Å²) in [5.41, 5.74) is -1.91. The predicted molar refractivity (Wildman–Crippen MR) is 60.6 cm³/mol. The molecule has 1 aromatic heterocycles. The number of hydrogen-bond donors (Lipinski definition) is 0. The van der Waals surface area contributed by atoms with Crippen LogP contribution in [0.2, 0.25) is 0 Å². The fourth-order valence-corrected chi connectivity index (χ4v) is 1.56. The van der Waals surface area contributed by atoms with Crippen molar-refractivity contribution in [2.75, 3.05) is 0 Å². The number of halogens is 3. The van der Waals surface area contributed by atoms with Gasteiger partial charge >= 0.3 is 6.18 Å². The fourth-order valence-electron chi connectivity index (χ4n) is 1.56. The molecule has 0 unspecified atom stereocenters. The molecule has 0 aliphatic heterocycles. The van der Waals surface area contributed by atoms with Crippen LogP contribution in [0.25, 0.3) is 5.69 Å². The van der Waals surface area contributed by atoms with Crippen LogP contribution in [0.1, 0.15) is 16.2 Å². The molecule has 20 heavy (non-hydrogen) atoms. The fraction of sp³-hybridized carbons (Fsp3) is 0.0909. The average molecular weight is 285 g/mol. The molecule has 0 saturated heterocycles. The van der Waals surface area contributed by atoms with Crippen LogP contribution in [-0.2, 0) is 6.18 Å². The van der Waals surface area contributed by atoms with Crippen molar-refractivity contribution in [3.8, 4) is 5.69 Å². The van der Waals surface area contributed by atoms with Gasteiger partial charge in [0.1, 0.15) is 5.69 Å². The Kier molecular flexibility index (Phi) is 3.26. The smallest absolute Gasteiger partial charge is 0.296 e. The molecule has 104 valence electrons. The minimum atomic E-state index is -4.70. The monoisotopic (exact) mass is 285 g/mol. The second-order valence-corrected chi connectivity index (χ2v) is 3.76. The largest absolute Gasteiger partial charge is 0.435 e. The molecule has 0 aliphatic rings. The zero-order chi connectivity index (χ0) is 14.9. The minimum Gasteiger partial charge on any atom is -0.296 e. The van der Waals surface area contributed by atoms with E-state index in [-0.39, 0.29) is 23.4 Å². The molecule has 2 rings (SSSR count). The van der Waals surface area contributed by atoms with Crippen molar-refractivity contribution in [3.63, 3.8) is 0 Å². The number of hydrogen-bond acceptors (Lipinski definition) is 4. The van der Waals surface area contributed by atoms with Crippen LogP contribution in [0, 0.1) is 10.1 Å². The van der Waals surface area contributed by atoms with Gasteiger partial charge in [-0.25, -0.2) is 4.68 Å². The van der Waals surface area contributed by atoms with Gasteiger partial charge in [0.15, 0.2) is 12.0 Å². The second-order valence-electron chi connectivity index (χ2n) is 3.76. The highest BCUT2D eigenvalue weighted by Crippen LogP contribution is 2.29. The summed E-state index contributed by atoms with van der Waals surface area (Å²) in [4.78, 5) is 20.7. The highest BCUT2D eigenvalue weighted by molar-refractivity contribution is 5.73. The molecule has 0 atom stereocenters. The normalized spacial score (nSPS) is 11.3. The maximum atomic E-state index is 12.5. The first-order valence-electron chi connectivity index (χ1n) is 5.20. The Labute approximate surface area is 109 Å². The van der Waals surface area contributed by atoms with E-state index in [1.807, 2.05) is 0 Å². The SMILES string of the molecule is O=Cc1cc(C(F)(F)F)nn1-c1cccc([N+](=O)[O-])c1. The van der Waals surface area contributed by atoms with E-state index in [0.29, 0.717) is 10.7 Å². The summed E-state index contributed by atoms with van der Waals surface area (Å²) < 4.78 is 38.3. The van der Waals surface area contributed by atoms with Gasteiger partial charge in [0.25, 0.3) is 5.69 Å². The zero-order valence-electron chi connectivity index (χ0n) is 9.66. The maximum absolute atomic E-state index is 12.5. The first kappa shape index (κ1) is 13.7. The van der Waals surface area contributed by atoms with E-state index in [4.69, 9.17) is 0 Å². The van der Waals surface area contributed by atoms with E-state index in [9.17, 15) is 28.1 Å². The number of alkyl halides is 3. The highest BCUT2D eigenvalue weighted by Gasteiger charge is 2.35. The van der Waals surface area contributed by atoms with Crippen LogP contribution in [-0.4, -0.2) is 21.0 Å². The van der Waals surface area contributed by atoms with Gasteiger partial charge < -0.3 is 0 Å². The Hall–Kier alpha value is -2.71. The summed E-state index contributed by atoms with van der Waals surface area (Å²) in [7, 11) is 0. The summed E-state index contributed by atoms with van der Waals surface area (Å²) in [5, 5.41) is 13.9. The van der Waals surface area contributed by atoms with Crippen molar-refractivity contribution in [2.45, 2.75) is 6.18 Å². The lowest BCUT2D eigenvalue weighted by Crippen LogP contribution is -2.07. The Bertz CT molecular complexity index is 679. The second kappa shape index (κ2) is 4.76. The van der Waals surface area contributed by atoms with Gasteiger partial charge in [0.2, 0.25) is 0 Å². The van der Waals surface area contributed by atoms with E-state index >= 15 is 0 Å². The van der Waals surface area contributed by atoms with Gasteiger partial charge in [-0.05, 0) is 12.1 Å². The average Bonchev–Trinajstić information content (AvgIpc) is 2.82. The van der Waals surface area contributed by atoms with Crippen LogP contribution in [0.15, 0.2) is 30.3 Å². The third kappa shape index (κ3) is 2.51. The number of aromatic nitrogens is 2. The molecule has 1 heterocycles. The number of carbonyl (C=O) groups is 1. The number of nitro groups is 1. The van der Waals surface area contributed by atoms with Gasteiger partial charge in [-0.1, -0.05) is 6.07 Å². The number of rotatable bonds is 3. The third-order valence-corrected chi connectivity index (χ3v) is 2.43. The Balaban J connectivity index is 2.57. The van der Waals surface area contributed by atoms with E-state index < -0.39 is 16.8 Å². The third-order valence-electron chi connectivity index (χ3n) is 2.43. The Morgan fingerprint density at radius 1 is 1.30 bits per heavy atom. The first-order valence-corrected chi connectivity index (χ1v) is 5.20. The van der Waals surface area contributed by atoms with Gasteiger partial charge in [-0.2, -0.15) is 18.3 Å². The van der Waals surface area contributed by atoms with Gasteiger partial charge in [-0.3, -0.25) is 14.9 Å². The predicted octanol–water partition coefficient (Wildman–Crippen LogP) is 2.61. The molecule has 2 aromatic rings. The maximum Gasteiger partial charge on any atom is 0.435 e. The summed E-state index contributed by atoms with van der Waals surface area (Å²) in [5.74, 6) is 0. The summed E-state index contributed by atoms with van der Waals surface area (Å²) in [6.45, 7) is 0. The molecule has 0 bridgehead atoms. The molecule has 0 fully saturated rings. The number of carbonyl (C=O) groups excluding carboxylic acids is 1. The number of nitrogens with zero attached hydrogens (tertiary/aromatic N) is 3. The quantitative estimate of drug-likeness (QED) is 0.493.